The number of aromatic nitrogens is 3. The van der Waals surface area contributed by atoms with E-state index in [4.69, 9.17) is 4.42 Å². The molecule has 7 nitrogen and oxygen atoms in total. The van der Waals surface area contributed by atoms with Crippen molar-refractivity contribution in [1.29, 1.82) is 0 Å². The maximum Gasteiger partial charge on any atom is 0.292 e. The SMILES string of the molecule is Cc1ncc(CN(C)C)c(C2CCCN2C(=O)c2ocnc2C)n1. The molecule has 1 amide bonds. The molecule has 7 heteroatoms. The number of carbonyl (C=O) groups excluding carboxylic acids is 1. The molecule has 1 fully saturated rings. The van der Waals surface area contributed by atoms with Crippen LogP contribution in [0.3, 0.4) is 0 Å². The fraction of sp³-hybridized carbons (Fsp3) is 0.529. The van der Waals surface area contributed by atoms with Crippen molar-refractivity contribution in [2.45, 2.75) is 39.3 Å². The molecule has 24 heavy (non-hydrogen) atoms. The second-order valence-electron chi connectivity index (χ2n) is 6.49. The third kappa shape index (κ3) is 3.17. The molecule has 1 saturated heterocycles. The number of carbonyl (C=O) groups is 1. The van der Waals surface area contributed by atoms with E-state index in [-0.39, 0.29) is 11.9 Å². The average Bonchev–Trinajstić information content (AvgIpc) is 3.16. The van der Waals surface area contributed by atoms with E-state index in [1.54, 1.807) is 6.92 Å². The first kappa shape index (κ1) is 16.6. The minimum atomic E-state index is -0.112. The number of aryl methyl sites for hydroxylation is 2. The van der Waals surface area contributed by atoms with Gasteiger partial charge in [0, 0.05) is 24.8 Å². The standard InChI is InChI=1S/C17H23N5O2/c1-11-16(24-10-19-11)17(23)22-7-5-6-14(22)15-13(9-21(3)4)8-18-12(2)20-15/h8,10,14H,5-7,9H2,1-4H3. The lowest BCUT2D eigenvalue weighted by atomic mass is 10.1. The summed E-state index contributed by atoms with van der Waals surface area (Å²) in [6.45, 7) is 5.11. The van der Waals surface area contributed by atoms with Crippen LogP contribution in [0.4, 0.5) is 0 Å². The second-order valence-corrected chi connectivity index (χ2v) is 6.49. The second kappa shape index (κ2) is 6.68. The number of oxazole rings is 1. The maximum absolute atomic E-state index is 12.9. The Balaban J connectivity index is 1.95. The molecule has 0 spiro atoms. The number of nitrogens with zero attached hydrogens (tertiary/aromatic N) is 5. The van der Waals surface area contributed by atoms with E-state index in [2.05, 4.69) is 19.9 Å². The molecule has 1 aliphatic rings. The van der Waals surface area contributed by atoms with Gasteiger partial charge >= 0.3 is 0 Å². The van der Waals surface area contributed by atoms with E-state index in [0.717, 1.165) is 36.5 Å². The van der Waals surface area contributed by atoms with E-state index in [1.165, 1.54) is 6.39 Å². The van der Waals surface area contributed by atoms with Crippen molar-refractivity contribution in [3.63, 3.8) is 0 Å². The van der Waals surface area contributed by atoms with Gasteiger partial charge in [0.15, 0.2) is 6.39 Å². The van der Waals surface area contributed by atoms with Gasteiger partial charge in [0.1, 0.15) is 5.82 Å². The van der Waals surface area contributed by atoms with Crippen LogP contribution in [0.25, 0.3) is 0 Å². The minimum Gasteiger partial charge on any atom is -0.438 e. The maximum atomic E-state index is 12.9. The molecule has 3 heterocycles. The summed E-state index contributed by atoms with van der Waals surface area (Å²) in [4.78, 5) is 29.8. The van der Waals surface area contributed by atoms with Gasteiger partial charge in [-0.3, -0.25) is 4.79 Å². The van der Waals surface area contributed by atoms with E-state index in [1.807, 2.05) is 32.1 Å². The lowest BCUT2D eigenvalue weighted by Gasteiger charge is -2.26. The molecule has 1 unspecified atom stereocenters. The van der Waals surface area contributed by atoms with Crippen LogP contribution < -0.4 is 0 Å². The van der Waals surface area contributed by atoms with Gasteiger partial charge in [-0.1, -0.05) is 0 Å². The molecule has 2 aromatic rings. The zero-order chi connectivity index (χ0) is 17.3. The molecule has 0 N–H and O–H groups in total. The highest BCUT2D eigenvalue weighted by Crippen LogP contribution is 2.34. The highest BCUT2D eigenvalue weighted by atomic mass is 16.3. The lowest BCUT2D eigenvalue weighted by molar-refractivity contribution is 0.0698. The van der Waals surface area contributed by atoms with E-state index in [9.17, 15) is 4.79 Å². The van der Waals surface area contributed by atoms with Crippen molar-refractivity contribution in [3.05, 3.63) is 41.1 Å². The summed E-state index contributed by atoms with van der Waals surface area (Å²) in [6.07, 6.45) is 5.04. The Morgan fingerprint density at radius 1 is 1.38 bits per heavy atom. The van der Waals surface area contributed by atoms with Gasteiger partial charge in [-0.25, -0.2) is 15.0 Å². The van der Waals surface area contributed by atoms with Gasteiger partial charge in [-0.05, 0) is 40.8 Å². The molecule has 0 aliphatic carbocycles. The monoisotopic (exact) mass is 329 g/mol. The summed E-state index contributed by atoms with van der Waals surface area (Å²) in [5.41, 5.74) is 2.63. The largest absolute Gasteiger partial charge is 0.438 e. The third-order valence-electron chi connectivity index (χ3n) is 4.27. The normalized spacial score (nSPS) is 17.7. The Bertz CT molecular complexity index is 740. The Kier molecular flexibility index (Phi) is 4.62. The number of hydrogen-bond acceptors (Lipinski definition) is 6. The first-order valence-electron chi connectivity index (χ1n) is 8.15. The molecule has 128 valence electrons. The molecular weight excluding hydrogens is 306 g/mol. The molecule has 3 rings (SSSR count). The van der Waals surface area contributed by atoms with Crippen LogP contribution in [-0.2, 0) is 6.54 Å². The van der Waals surface area contributed by atoms with Gasteiger partial charge in [0.2, 0.25) is 5.76 Å². The highest BCUT2D eigenvalue weighted by Gasteiger charge is 2.35. The summed E-state index contributed by atoms with van der Waals surface area (Å²) in [6, 6.07) is -0.0429. The number of hydrogen-bond donors (Lipinski definition) is 0. The Hall–Kier alpha value is -2.28. The Morgan fingerprint density at radius 3 is 2.83 bits per heavy atom. The molecule has 0 radical (unpaired) electrons. The molecule has 1 aliphatic heterocycles. The molecular formula is C17H23N5O2. The quantitative estimate of drug-likeness (QED) is 0.855. The summed E-state index contributed by atoms with van der Waals surface area (Å²) >= 11 is 0. The average molecular weight is 329 g/mol. The summed E-state index contributed by atoms with van der Waals surface area (Å²) in [7, 11) is 4.03. The van der Waals surface area contributed by atoms with Crippen molar-refractivity contribution >= 4 is 5.91 Å². The first-order chi connectivity index (χ1) is 11.5. The topological polar surface area (TPSA) is 75.4 Å². The van der Waals surface area contributed by atoms with Crippen molar-refractivity contribution < 1.29 is 9.21 Å². The minimum absolute atomic E-state index is 0.0429. The molecule has 1 atom stereocenters. The zero-order valence-electron chi connectivity index (χ0n) is 14.6. The summed E-state index contributed by atoms with van der Waals surface area (Å²) < 4.78 is 5.30. The van der Waals surface area contributed by atoms with Crippen molar-refractivity contribution in [3.8, 4) is 0 Å². The van der Waals surface area contributed by atoms with Gasteiger partial charge in [-0.2, -0.15) is 0 Å². The van der Waals surface area contributed by atoms with Crippen LogP contribution in [0.15, 0.2) is 17.0 Å². The fourth-order valence-electron chi connectivity index (χ4n) is 3.20. The van der Waals surface area contributed by atoms with Crippen LogP contribution in [0.2, 0.25) is 0 Å². The van der Waals surface area contributed by atoms with Gasteiger partial charge < -0.3 is 14.2 Å². The third-order valence-corrected chi connectivity index (χ3v) is 4.27. The fourth-order valence-corrected chi connectivity index (χ4v) is 3.20. The summed E-state index contributed by atoms with van der Waals surface area (Å²) in [5.74, 6) is 0.934. The Morgan fingerprint density at radius 2 is 2.17 bits per heavy atom. The molecule has 0 aromatic carbocycles. The number of rotatable bonds is 4. The van der Waals surface area contributed by atoms with Crippen molar-refractivity contribution in [1.82, 2.24) is 24.8 Å². The van der Waals surface area contributed by atoms with Crippen LogP contribution >= 0.6 is 0 Å². The molecule has 0 saturated carbocycles. The van der Waals surface area contributed by atoms with Crippen LogP contribution in [0.5, 0.6) is 0 Å². The van der Waals surface area contributed by atoms with E-state index >= 15 is 0 Å². The van der Waals surface area contributed by atoms with Crippen LogP contribution in [0.1, 0.15) is 52.2 Å². The van der Waals surface area contributed by atoms with Crippen LogP contribution in [-0.4, -0.2) is 51.3 Å². The zero-order valence-corrected chi connectivity index (χ0v) is 14.6. The van der Waals surface area contributed by atoms with Crippen molar-refractivity contribution in [2.24, 2.45) is 0 Å². The Labute approximate surface area is 141 Å². The molecule has 2 aromatic heterocycles. The predicted octanol–water partition coefficient (Wildman–Crippen LogP) is 2.12. The lowest BCUT2D eigenvalue weighted by Crippen LogP contribution is -2.32. The van der Waals surface area contributed by atoms with Gasteiger partial charge in [0.05, 0.1) is 17.4 Å². The smallest absolute Gasteiger partial charge is 0.292 e. The van der Waals surface area contributed by atoms with E-state index < -0.39 is 0 Å². The number of likely N-dealkylation sites (tertiary alicyclic amines) is 1. The van der Waals surface area contributed by atoms with Gasteiger partial charge in [0.25, 0.3) is 5.91 Å². The predicted molar refractivity (Wildman–Crippen MR) is 88.4 cm³/mol. The van der Waals surface area contributed by atoms with Gasteiger partial charge in [-0.15, -0.1) is 0 Å². The highest BCUT2D eigenvalue weighted by molar-refractivity contribution is 5.92. The summed E-state index contributed by atoms with van der Waals surface area (Å²) in [5, 5.41) is 0. The van der Waals surface area contributed by atoms with Crippen molar-refractivity contribution in [2.75, 3.05) is 20.6 Å². The van der Waals surface area contributed by atoms with E-state index in [0.29, 0.717) is 18.0 Å². The van der Waals surface area contributed by atoms with Crippen LogP contribution in [0, 0.1) is 13.8 Å². The molecule has 0 bridgehead atoms. The first-order valence-corrected chi connectivity index (χ1v) is 8.15. The number of amides is 1.